The van der Waals surface area contributed by atoms with E-state index in [-0.39, 0.29) is 11.6 Å². The van der Waals surface area contributed by atoms with Gasteiger partial charge < -0.3 is 0 Å². The Balaban J connectivity index is 1.69. The number of fused-ring (bicyclic) bond motifs is 1. The average Bonchev–Trinajstić information content (AvgIpc) is 2.57. The fourth-order valence-electron chi connectivity index (χ4n) is 3.03. The van der Waals surface area contributed by atoms with Gasteiger partial charge in [0.1, 0.15) is 0 Å². The number of rotatable bonds is 10. The second-order valence-corrected chi connectivity index (χ2v) is 6.97. The van der Waals surface area contributed by atoms with Gasteiger partial charge in [0.15, 0.2) is 11.6 Å². The Kier molecular flexibility index (Phi) is 7.73. The smallest absolute Gasteiger partial charge is 0.189 e. The van der Waals surface area contributed by atoms with Gasteiger partial charge in [-0.15, -0.1) is 0 Å². The molecule has 0 saturated carbocycles. The van der Waals surface area contributed by atoms with Crippen molar-refractivity contribution in [1.82, 2.24) is 0 Å². The minimum absolute atomic E-state index is 0.0259. The summed E-state index contributed by atoms with van der Waals surface area (Å²) in [5.74, 6) is 0.0111. The van der Waals surface area contributed by atoms with Gasteiger partial charge in [-0.3, -0.25) is 9.59 Å². The van der Waals surface area contributed by atoms with E-state index in [2.05, 4.69) is 15.9 Å². The van der Waals surface area contributed by atoms with Crippen LogP contribution < -0.4 is 0 Å². The van der Waals surface area contributed by atoms with Crippen molar-refractivity contribution in [3.05, 3.63) is 47.0 Å². The minimum Gasteiger partial charge on any atom is -0.289 e. The molecule has 2 nitrogen and oxygen atoms in total. The van der Waals surface area contributed by atoms with Crippen LogP contribution in [0.15, 0.2) is 35.9 Å². The average molecular weight is 377 g/mol. The molecule has 0 N–H and O–H groups in total. The number of halogens is 1. The zero-order chi connectivity index (χ0) is 16.5. The monoisotopic (exact) mass is 376 g/mol. The van der Waals surface area contributed by atoms with Gasteiger partial charge in [-0.2, -0.15) is 0 Å². The molecule has 1 aliphatic carbocycles. The molecule has 0 spiro atoms. The van der Waals surface area contributed by atoms with Gasteiger partial charge in [0, 0.05) is 22.0 Å². The molecule has 2 rings (SSSR count). The molecule has 0 heterocycles. The third-order valence-electron chi connectivity index (χ3n) is 4.36. The van der Waals surface area contributed by atoms with Gasteiger partial charge in [0.2, 0.25) is 0 Å². The highest BCUT2D eigenvalue weighted by Crippen LogP contribution is 2.24. The number of unbranched alkanes of at least 4 members (excludes halogenated alkanes) is 7. The number of Topliss-reactive ketones (excluding diaryl/α,β-unsaturated/α-hetero) is 1. The van der Waals surface area contributed by atoms with Crippen molar-refractivity contribution in [3.63, 3.8) is 0 Å². The number of alkyl halides is 1. The van der Waals surface area contributed by atoms with Gasteiger partial charge in [0.05, 0.1) is 0 Å². The fraction of sp³-hybridized carbons (Fsp3) is 0.500. The van der Waals surface area contributed by atoms with Crippen molar-refractivity contribution < 1.29 is 9.59 Å². The maximum Gasteiger partial charge on any atom is 0.189 e. The van der Waals surface area contributed by atoms with E-state index in [1.165, 1.54) is 38.5 Å². The van der Waals surface area contributed by atoms with Crippen molar-refractivity contribution in [1.29, 1.82) is 0 Å². The van der Waals surface area contributed by atoms with Crippen LogP contribution in [0.1, 0.15) is 78.5 Å². The standard InChI is InChI=1S/C20H25BrO2/c21-14-10-6-4-2-1-3-5-7-11-16-15-19(22)17-12-8-9-13-18(17)20(16)23/h8-9,12-13,15H,1-7,10-11,14H2. The molecule has 1 aromatic rings. The van der Waals surface area contributed by atoms with Crippen LogP contribution in [0, 0.1) is 0 Å². The highest BCUT2D eigenvalue weighted by Gasteiger charge is 2.24. The van der Waals surface area contributed by atoms with E-state index in [9.17, 15) is 9.59 Å². The Morgan fingerprint density at radius 1 is 0.739 bits per heavy atom. The topological polar surface area (TPSA) is 34.1 Å². The van der Waals surface area contributed by atoms with E-state index in [1.807, 2.05) is 6.07 Å². The van der Waals surface area contributed by atoms with E-state index < -0.39 is 0 Å². The second kappa shape index (κ2) is 9.82. The van der Waals surface area contributed by atoms with Gasteiger partial charge in [-0.05, 0) is 25.3 Å². The van der Waals surface area contributed by atoms with E-state index >= 15 is 0 Å². The minimum atomic E-state index is -0.0259. The summed E-state index contributed by atoms with van der Waals surface area (Å²) in [5.41, 5.74) is 1.80. The normalized spacial score (nSPS) is 13.9. The summed E-state index contributed by atoms with van der Waals surface area (Å²) in [7, 11) is 0. The molecule has 1 aliphatic rings. The Morgan fingerprint density at radius 3 is 1.96 bits per heavy atom. The largest absolute Gasteiger partial charge is 0.289 e. The number of ketones is 2. The number of hydrogen-bond donors (Lipinski definition) is 0. The molecule has 0 aliphatic heterocycles. The summed E-state index contributed by atoms with van der Waals surface area (Å²) in [6.45, 7) is 0. The summed E-state index contributed by atoms with van der Waals surface area (Å²) < 4.78 is 0. The zero-order valence-electron chi connectivity index (χ0n) is 13.7. The molecule has 3 heteroatoms. The van der Waals surface area contributed by atoms with Gasteiger partial charge >= 0.3 is 0 Å². The van der Waals surface area contributed by atoms with Gasteiger partial charge in [-0.25, -0.2) is 0 Å². The Bertz CT molecular complexity index is 575. The molecular formula is C20H25BrO2. The highest BCUT2D eigenvalue weighted by atomic mass is 79.9. The fourth-order valence-corrected chi connectivity index (χ4v) is 3.42. The number of benzene rings is 1. The maximum atomic E-state index is 12.4. The van der Waals surface area contributed by atoms with Crippen molar-refractivity contribution in [2.24, 2.45) is 0 Å². The van der Waals surface area contributed by atoms with Gasteiger partial charge in [0.25, 0.3) is 0 Å². The van der Waals surface area contributed by atoms with E-state index in [1.54, 1.807) is 24.3 Å². The van der Waals surface area contributed by atoms with Crippen LogP contribution in [0.5, 0.6) is 0 Å². The number of hydrogen-bond acceptors (Lipinski definition) is 2. The Labute approximate surface area is 147 Å². The Hall–Kier alpha value is -1.22. The molecule has 0 aromatic heterocycles. The van der Waals surface area contributed by atoms with E-state index in [0.29, 0.717) is 16.7 Å². The first-order chi connectivity index (χ1) is 11.2. The maximum absolute atomic E-state index is 12.4. The molecule has 0 bridgehead atoms. The molecule has 0 unspecified atom stereocenters. The lowest BCUT2D eigenvalue weighted by atomic mass is 9.87. The van der Waals surface area contributed by atoms with Crippen LogP contribution in [0.4, 0.5) is 0 Å². The summed E-state index contributed by atoms with van der Waals surface area (Å²) >= 11 is 3.45. The van der Waals surface area contributed by atoms with Crippen molar-refractivity contribution in [2.45, 2.75) is 57.8 Å². The molecule has 0 amide bonds. The van der Waals surface area contributed by atoms with Crippen LogP contribution >= 0.6 is 15.9 Å². The molecule has 0 atom stereocenters. The molecule has 1 aromatic carbocycles. The first-order valence-corrected chi connectivity index (χ1v) is 9.81. The van der Waals surface area contributed by atoms with Crippen molar-refractivity contribution >= 4 is 27.5 Å². The molecule has 0 radical (unpaired) electrons. The van der Waals surface area contributed by atoms with Crippen molar-refractivity contribution in [3.8, 4) is 0 Å². The molecule has 0 saturated heterocycles. The predicted molar refractivity (Wildman–Crippen MR) is 98.5 cm³/mol. The molecule has 124 valence electrons. The quantitative estimate of drug-likeness (QED) is 0.376. The first kappa shape index (κ1) is 18.1. The molecule has 0 fully saturated rings. The van der Waals surface area contributed by atoms with Crippen LogP contribution in [-0.2, 0) is 0 Å². The third kappa shape index (κ3) is 5.42. The van der Waals surface area contributed by atoms with Crippen molar-refractivity contribution in [2.75, 3.05) is 5.33 Å². The lowest BCUT2D eigenvalue weighted by Gasteiger charge is -2.14. The summed E-state index contributed by atoms with van der Waals surface area (Å²) in [6, 6.07) is 7.12. The zero-order valence-corrected chi connectivity index (χ0v) is 15.2. The highest BCUT2D eigenvalue weighted by molar-refractivity contribution is 9.09. The summed E-state index contributed by atoms with van der Waals surface area (Å²) in [6.07, 6.45) is 12.1. The number of allylic oxidation sites excluding steroid dienone is 2. The molecule has 23 heavy (non-hydrogen) atoms. The number of carbonyl (C=O) groups is 2. The first-order valence-electron chi connectivity index (χ1n) is 8.68. The van der Waals surface area contributed by atoms with Crippen LogP contribution in [0.3, 0.4) is 0 Å². The third-order valence-corrected chi connectivity index (χ3v) is 4.92. The van der Waals surface area contributed by atoms with E-state index in [4.69, 9.17) is 0 Å². The summed E-state index contributed by atoms with van der Waals surface area (Å²) in [5, 5.41) is 1.11. The van der Waals surface area contributed by atoms with Gasteiger partial charge in [-0.1, -0.05) is 78.7 Å². The predicted octanol–water partition coefficient (Wildman–Crippen LogP) is 5.90. The van der Waals surface area contributed by atoms with E-state index in [0.717, 1.165) is 24.6 Å². The lowest BCUT2D eigenvalue weighted by molar-refractivity contribution is 0.0981. The Morgan fingerprint density at radius 2 is 1.30 bits per heavy atom. The second-order valence-electron chi connectivity index (χ2n) is 6.18. The summed E-state index contributed by atoms with van der Waals surface area (Å²) in [4.78, 5) is 24.5. The number of carbonyl (C=O) groups excluding carboxylic acids is 2. The molecular weight excluding hydrogens is 352 g/mol. The SMILES string of the molecule is O=C1C=C(CCCCCCCCCCBr)C(=O)c2ccccc21. The van der Waals surface area contributed by atoms with Crippen LogP contribution in [0.25, 0.3) is 0 Å². The lowest BCUT2D eigenvalue weighted by Crippen LogP contribution is -2.16. The van der Waals surface area contributed by atoms with Crippen LogP contribution in [-0.4, -0.2) is 16.9 Å². The van der Waals surface area contributed by atoms with Crippen LogP contribution in [0.2, 0.25) is 0 Å².